The molecule has 0 aromatic heterocycles. The first-order chi connectivity index (χ1) is 8.15. The lowest BCUT2D eigenvalue weighted by Gasteiger charge is -2.40. The van der Waals surface area contributed by atoms with Crippen molar-refractivity contribution >= 4 is 0 Å². The van der Waals surface area contributed by atoms with E-state index in [1.54, 1.807) is 0 Å². The summed E-state index contributed by atoms with van der Waals surface area (Å²) >= 11 is 0. The number of nitrogens with two attached hydrogens (primary N) is 1. The van der Waals surface area contributed by atoms with Crippen LogP contribution in [0.3, 0.4) is 0 Å². The number of aliphatic hydroxyl groups is 1. The van der Waals surface area contributed by atoms with Gasteiger partial charge in [0.05, 0.1) is 0 Å². The maximum Gasteiger partial charge on any atom is 0.114 e. The third kappa shape index (κ3) is 2.68. The van der Waals surface area contributed by atoms with Crippen LogP contribution in [0.1, 0.15) is 24.8 Å². The van der Waals surface area contributed by atoms with Gasteiger partial charge in [-0.3, -0.25) is 0 Å². The van der Waals surface area contributed by atoms with Crippen molar-refractivity contribution in [3.05, 3.63) is 35.9 Å². The first-order valence-corrected chi connectivity index (χ1v) is 6.34. The molecule has 0 bridgehead atoms. The van der Waals surface area contributed by atoms with Crippen molar-refractivity contribution in [1.82, 2.24) is 4.90 Å². The Hall–Kier alpha value is -0.900. The van der Waals surface area contributed by atoms with Crippen molar-refractivity contribution in [2.24, 2.45) is 5.73 Å². The SMILES string of the molecule is CN(CC(O)(CN)c1ccccc1)C1CCC1. The van der Waals surface area contributed by atoms with E-state index in [9.17, 15) is 5.11 Å². The average molecular weight is 234 g/mol. The lowest BCUT2D eigenvalue weighted by atomic mass is 9.88. The summed E-state index contributed by atoms with van der Waals surface area (Å²) in [7, 11) is 2.08. The van der Waals surface area contributed by atoms with Gasteiger partial charge in [0.25, 0.3) is 0 Å². The summed E-state index contributed by atoms with van der Waals surface area (Å²) in [6, 6.07) is 10.4. The van der Waals surface area contributed by atoms with Gasteiger partial charge in [0.1, 0.15) is 5.60 Å². The maximum absolute atomic E-state index is 10.7. The van der Waals surface area contributed by atoms with Crippen molar-refractivity contribution in [2.75, 3.05) is 20.1 Å². The van der Waals surface area contributed by atoms with Gasteiger partial charge in [0, 0.05) is 19.1 Å². The minimum Gasteiger partial charge on any atom is -0.382 e. The monoisotopic (exact) mass is 234 g/mol. The van der Waals surface area contributed by atoms with E-state index in [4.69, 9.17) is 5.73 Å². The van der Waals surface area contributed by atoms with Gasteiger partial charge in [0.15, 0.2) is 0 Å². The average Bonchev–Trinajstić information content (AvgIpc) is 2.27. The molecule has 0 saturated heterocycles. The van der Waals surface area contributed by atoms with Gasteiger partial charge < -0.3 is 15.7 Å². The molecule has 1 aliphatic carbocycles. The topological polar surface area (TPSA) is 49.5 Å². The van der Waals surface area contributed by atoms with Crippen molar-refractivity contribution in [3.8, 4) is 0 Å². The maximum atomic E-state index is 10.7. The number of hydrogen-bond donors (Lipinski definition) is 2. The molecule has 1 unspecified atom stereocenters. The second kappa shape index (κ2) is 5.17. The molecule has 17 heavy (non-hydrogen) atoms. The Balaban J connectivity index is 2.08. The van der Waals surface area contributed by atoms with Gasteiger partial charge in [-0.2, -0.15) is 0 Å². The van der Waals surface area contributed by atoms with Crippen molar-refractivity contribution in [1.29, 1.82) is 0 Å². The standard InChI is InChI=1S/C14H22N2O/c1-16(13-8-5-9-13)11-14(17,10-15)12-6-3-2-4-7-12/h2-4,6-7,13,17H,5,8-11,15H2,1H3. The Morgan fingerprint density at radius 3 is 2.47 bits per heavy atom. The zero-order valence-electron chi connectivity index (χ0n) is 10.5. The number of likely N-dealkylation sites (N-methyl/N-ethyl adjacent to an activating group) is 1. The van der Waals surface area contributed by atoms with Crippen LogP contribution in [0.2, 0.25) is 0 Å². The molecule has 3 N–H and O–H groups in total. The number of nitrogens with zero attached hydrogens (tertiary/aromatic N) is 1. The predicted octanol–water partition coefficient (Wildman–Crippen LogP) is 1.32. The van der Waals surface area contributed by atoms with E-state index >= 15 is 0 Å². The van der Waals surface area contributed by atoms with E-state index in [2.05, 4.69) is 11.9 Å². The second-order valence-corrected chi connectivity index (χ2v) is 5.10. The molecular formula is C14H22N2O. The molecule has 1 aromatic rings. The van der Waals surface area contributed by atoms with Crippen LogP contribution in [0.25, 0.3) is 0 Å². The highest BCUT2D eigenvalue weighted by Crippen LogP contribution is 2.27. The predicted molar refractivity (Wildman–Crippen MR) is 69.7 cm³/mol. The molecule has 94 valence electrons. The second-order valence-electron chi connectivity index (χ2n) is 5.10. The molecule has 1 aliphatic rings. The number of hydrogen-bond acceptors (Lipinski definition) is 3. The first kappa shape index (κ1) is 12.6. The smallest absolute Gasteiger partial charge is 0.114 e. The lowest BCUT2D eigenvalue weighted by Crippen LogP contribution is -2.49. The van der Waals surface area contributed by atoms with Crippen LogP contribution in [-0.2, 0) is 5.60 Å². The van der Waals surface area contributed by atoms with E-state index in [-0.39, 0.29) is 6.54 Å². The fourth-order valence-corrected chi connectivity index (χ4v) is 2.39. The quantitative estimate of drug-likeness (QED) is 0.808. The fourth-order valence-electron chi connectivity index (χ4n) is 2.39. The van der Waals surface area contributed by atoms with Crippen LogP contribution in [-0.4, -0.2) is 36.2 Å². The van der Waals surface area contributed by atoms with Crippen LogP contribution >= 0.6 is 0 Å². The number of rotatable bonds is 5. The van der Waals surface area contributed by atoms with Crippen molar-refractivity contribution in [3.63, 3.8) is 0 Å². The van der Waals surface area contributed by atoms with Crippen molar-refractivity contribution in [2.45, 2.75) is 30.9 Å². The Labute approximate surface area is 103 Å². The third-order valence-corrected chi connectivity index (χ3v) is 3.86. The highest BCUT2D eigenvalue weighted by atomic mass is 16.3. The molecule has 1 atom stereocenters. The van der Waals surface area contributed by atoms with E-state index in [0.717, 1.165) is 5.56 Å². The lowest BCUT2D eigenvalue weighted by molar-refractivity contribution is -0.00788. The Morgan fingerprint density at radius 1 is 1.35 bits per heavy atom. The van der Waals surface area contributed by atoms with E-state index in [1.807, 2.05) is 30.3 Å². The van der Waals surface area contributed by atoms with Gasteiger partial charge in [-0.25, -0.2) is 0 Å². The zero-order chi connectivity index (χ0) is 12.3. The third-order valence-electron chi connectivity index (χ3n) is 3.86. The van der Waals surface area contributed by atoms with Crippen LogP contribution < -0.4 is 5.73 Å². The van der Waals surface area contributed by atoms with Gasteiger partial charge in [0.2, 0.25) is 0 Å². The summed E-state index contributed by atoms with van der Waals surface area (Å²) in [4.78, 5) is 2.24. The molecule has 1 aromatic carbocycles. The Kier molecular flexibility index (Phi) is 3.82. The van der Waals surface area contributed by atoms with Gasteiger partial charge in [-0.1, -0.05) is 36.8 Å². The van der Waals surface area contributed by atoms with Crippen LogP contribution in [0.15, 0.2) is 30.3 Å². The van der Waals surface area contributed by atoms with Gasteiger partial charge in [-0.15, -0.1) is 0 Å². The molecule has 3 heteroatoms. The summed E-state index contributed by atoms with van der Waals surface area (Å²) < 4.78 is 0. The normalized spacial score (nSPS) is 20.0. The van der Waals surface area contributed by atoms with Gasteiger partial charge >= 0.3 is 0 Å². The van der Waals surface area contributed by atoms with E-state index < -0.39 is 5.60 Å². The summed E-state index contributed by atoms with van der Waals surface area (Å²) in [6.45, 7) is 0.867. The highest BCUT2D eigenvalue weighted by Gasteiger charge is 2.32. The molecule has 0 amide bonds. The molecule has 0 radical (unpaired) electrons. The van der Waals surface area contributed by atoms with Crippen molar-refractivity contribution < 1.29 is 5.11 Å². The minimum atomic E-state index is -0.925. The van der Waals surface area contributed by atoms with Crippen LogP contribution in [0, 0.1) is 0 Å². The summed E-state index contributed by atoms with van der Waals surface area (Å²) in [6.07, 6.45) is 3.79. The molecular weight excluding hydrogens is 212 g/mol. The van der Waals surface area contributed by atoms with E-state index in [1.165, 1.54) is 19.3 Å². The molecule has 1 saturated carbocycles. The summed E-state index contributed by atoms with van der Waals surface area (Å²) in [5.74, 6) is 0. The molecule has 3 nitrogen and oxygen atoms in total. The summed E-state index contributed by atoms with van der Waals surface area (Å²) in [5.41, 5.74) is 5.76. The molecule has 2 rings (SSSR count). The molecule has 0 spiro atoms. The fraction of sp³-hybridized carbons (Fsp3) is 0.571. The largest absolute Gasteiger partial charge is 0.382 e. The number of benzene rings is 1. The van der Waals surface area contributed by atoms with Crippen LogP contribution in [0.4, 0.5) is 0 Å². The van der Waals surface area contributed by atoms with E-state index in [0.29, 0.717) is 12.6 Å². The molecule has 0 aliphatic heterocycles. The molecule has 0 heterocycles. The minimum absolute atomic E-state index is 0.258. The first-order valence-electron chi connectivity index (χ1n) is 6.34. The Morgan fingerprint density at radius 2 is 2.00 bits per heavy atom. The summed E-state index contributed by atoms with van der Waals surface area (Å²) in [5, 5.41) is 10.7. The highest BCUT2D eigenvalue weighted by molar-refractivity contribution is 5.23. The zero-order valence-corrected chi connectivity index (χ0v) is 10.5. The molecule has 1 fully saturated rings. The van der Waals surface area contributed by atoms with Gasteiger partial charge in [-0.05, 0) is 25.5 Å². The van der Waals surface area contributed by atoms with Crippen LogP contribution in [0.5, 0.6) is 0 Å². The Bertz CT molecular complexity index is 350.